The van der Waals surface area contributed by atoms with E-state index in [2.05, 4.69) is 74.6 Å². The van der Waals surface area contributed by atoms with Crippen molar-refractivity contribution in [3.8, 4) is 0 Å². The number of hydrogen-bond acceptors (Lipinski definition) is 9. The highest BCUT2D eigenvalue weighted by Gasteiger charge is 2.26. The maximum Gasteiger partial charge on any atom is 0.472 e. The molecular formula is C49H84NO9P. The molecule has 4 N–H and O–H groups in total. The van der Waals surface area contributed by atoms with E-state index in [9.17, 15) is 24.2 Å². The van der Waals surface area contributed by atoms with Crippen LogP contribution >= 0.6 is 7.82 Å². The molecule has 0 aromatic rings. The van der Waals surface area contributed by atoms with Gasteiger partial charge in [-0.15, -0.1) is 0 Å². The third-order valence-electron chi connectivity index (χ3n) is 9.38. The molecule has 60 heavy (non-hydrogen) atoms. The van der Waals surface area contributed by atoms with Crippen molar-refractivity contribution in [2.24, 2.45) is 5.73 Å². The summed E-state index contributed by atoms with van der Waals surface area (Å²) in [6, 6.07) is 0. The van der Waals surface area contributed by atoms with Crippen LogP contribution in [0.1, 0.15) is 174 Å². The van der Waals surface area contributed by atoms with Gasteiger partial charge in [0.05, 0.1) is 19.3 Å². The zero-order valence-corrected chi connectivity index (χ0v) is 38.4. The first kappa shape index (κ1) is 57.1. The lowest BCUT2D eigenvalue weighted by atomic mass is 10.1. The summed E-state index contributed by atoms with van der Waals surface area (Å²) in [4.78, 5) is 35.0. The van der Waals surface area contributed by atoms with Gasteiger partial charge in [0.25, 0.3) is 0 Å². The van der Waals surface area contributed by atoms with Crippen molar-refractivity contribution in [3.05, 3.63) is 85.1 Å². The number of carbonyl (C=O) groups excluding carboxylic acids is 2. The van der Waals surface area contributed by atoms with Gasteiger partial charge in [-0.2, -0.15) is 0 Å². The average Bonchev–Trinajstić information content (AvgIpc) is 3.23. The molecule has 0 saturated heterocycles. The predicted octanol–water partition coefficient (Wildman–Crippen LogP) is 12.6. The molecule has 0 bridgehead atoms. The number of aliphatic hydroxyl groups excluding tert-OH is 1. The Bertz CT molecular complexity index is 1270. The zero-order chi connectivity index (χ0) is 44.0. The largest absolute Gasteiger partial charge is 0.472 e. The van der Waals surface area contributed by atoms with Crippen LogP contribution < -0.4 is 5.73 Å². The van der Waals surface area contributed by atoms with Crippen molar-refractivity contribution in [2.45, 2.75) is 187 Å². The molecule has 0 heterocycles. The molecule has 10 nitrogen and oxygen atoms in total. The van der Waals surface area contributed by atoms with Crippen molar-refractivity contribution >= 4 is 19.8 Å². The molecule has 0 aromatic heterocycles. The molecule has 0 aliphatic heterocycles. The summed E-state index contributed by atoms with van der Waals surface area (Å²) in [5.74, 6) is -1.12. The van der Waals surface area contributed by atoms with Gasteiger partial charge in [-0.25, -0.2) is 4.57 Å². The van der Waals surface area contributed by atoms with E-state index in [1.165, 1.54) is 83.5 Å². The fourth-order valence-corrected chi connectivity index (χ4v) is 6.68. The number of esters is 2. The normalized spacial score (nSPS) is 14.6. The minimum Gasteiger partial charge on any atom is -0.462 e. The van der Waals surface area contributed by atoms with Gasteiger partial charge in [0.1, 0.15) is 6.61 Å². The molecule has 3 atom stereocenters. The van der Waals surface area contributed by atoms with E-state index in [1.54, 1.807) is 12.2 Å². The van der Waals surface area contributed by atoms with E-state index in [-0.39, 0.29) is 39.0 Å². The summed E-state index contributed by atoms with van der Waals surface area (Å²) in [6.07, 6.45) is 52.3. The lowest BCUT2D eigenvalue weighted by molar-refractivity contribution is -0.161. The number of carbonyl (C=O) groups is 2. The van der Waals surface area contributed by atoms with Crippen LogP contribution in [0.25, 0.3) is 0 Å². The van der Waals surface area contributed by atoms with Crippen LogP contribution in [0.5, 0.6) is 0 Å². The molecule has 11 heteroatoms. The SMILES string of the molecule is CC/C=C\C/C=C\C/C=C\C/C=C\C/C=C\C=C/C(O)CCC(=O)OC[C@H](COP(=O)(O)OCCN)OC(=O)CCCCCCCCCCC/C=C\CCCCCCCC. The van der Waals surface area contributed by atoms with Gasteiger partial charge >= 0.3 is 19.8 Å². The Morgan fingerprint density at radius 1 is 0.600 bits per heavy atom. The van der Waals surface area contributed by atoms with E-state index < -0.39 is 38.6 Å². The summed E-state index contributed by atoms with van der Waals surface area (Å²) in [7, 11) is -4.44. The van der Waals surface area contributed by atoms with Gasteiger partial charge < -0.3 is 25.2 Å². The van der Waals surface area contributed by atoms with Gasteiger partial charge in [-0.3, -0.25) is 18.6 Å². The molecule has 2 unspecified atom stereocenters. The summed E-state index contributed by atoms with van der Waals surface area (Å²) in [6.45, 7) is 3.33. The molecular weight excluding hydrogens is 778 g/mol. The highest BCUT2D eigenvalue weighted by Crippen LogP contribution is 2.43. The Morgan fingerprint density at radius 3 is 1.67 bits per heavy atom. The topological polar surface area (TPSA) is 155 Å². The maximum absolute atomic E-state index is 12.6. The van der Waals surface area contributed by atoms with Crippen LogP contribution in [0.2, 0.25) is 0 Å². The second-order valence-electron chi connectivity index (χ2n) is 15.1. The summed E-state index contributed by atoms with van der Waals surface area (Å²) >= 11 is 0. The standard InChI is InChI=1S/C49H84NO9P/c1-3-5-7-9-11-13-15-17-19-21-22-23-25-27-29-31-33-35-37-39-49(53)59-47(45-58-60(54,55)57-43-42-50)44-56-48(52)41-40-46(51)38-36-34-32-30-28-26-24-20-18-16-14-12-10-8-6-4-2/h6,8,12,14,17-20,26,28,32,34,36,38,46-47,51H,3-5,7,9-11,13,15-16,21-25,27,29-31,33,35,37,39-45,50H2,1-2H3,(H,54,55)/b8-6-,14-12-,19-17-,20-18-,28-26-,34-32-,38-36-/t46?,47-/m1/s1. The fraction of sp³-hybridized carbons (Fsp3) is 0.673. The van der Waals surface area contributed by atoms with Crippen molar-refractivity contribution < 1.29 is 42.7 Å². The molecule has 0 aliphatic carbocycles. The number of phosphoric acid groups is 1. The first-order valence-corrected chi connectivity index (χ1v) is 24.7. The first-order valence-electron chi connectivity index (χ1n) is 23.2. The number of ether oxygens (including phenoxy) is 2. The van der Waals surface area contributed by atoms with E-state index in [4.69, 9.17) is 24.3 Å². The average molecular weight is 862 g/mol. The summed E-state index contributed by atoms with van der Waals surface area (Å²) < 4.78 is 32.6. The monoisotopic (exact) mass is 862 g/mol. The number of rotatable bonds is 42. The zero-order valence-electron chi connectivity index (χ0n) is 37.5. The van der Waals surface area contributed by atoms with Crippen LogP contribution in [-0.2, 0) is 32.7 Å². The molecule has 0 aromatic carbocycles. The molecule has 0 radical (unpaired) electrons. The van der Waals surface area contributed by atoms with Crippen LogP contribution in [0.4, 0.5) is 0 Å². The lowest BCUT2D eigenvalue weighted by Gasteiger charge is -2.20. The van der Waals surface area contributed by atoms with Crippen molar-refractivity contribution in [1.82, 2.24) is 0 Å². The Morgan fingerprint density at radius 2 is 1.12 bits per heavy atom. The molecule has 344 valence electrons. The van der Waals surface area contributed by atoms with Gasteiger partial charge in [-0.05, 0) is 70.6 Å². The van der Waals surface area contributed by atoms with Gasteiger partial charge in [0.15, 0.2) is 6.10 Å². The molecule has 0 aliphatic rings. The minimum absolute atomic E-state index is 0.0184. The Balaban J connectivity index is 4.34. The highest BCUT2D eigenvalue weighted by molar-refractivity contribution is 7.47. The molecule has 0 amide bonds. The third kappa shape index (κ3) is 43.2. The van der Waals surface area contributed by atoms with Crippen LogP contribution in [0.15, 0.2) is 85.1 Å². The Kier molecular flexibility index (Phi) is 42.1. The van der Waals surface area contributed by atoms with Crippen molar-refractivity contribution in [1.29, 1.82) is 0 Å². The maximum atomic E-state index is 12.6. The van der Waals surface area contributed by atoms with Crippen LogP contribution in [0.3, 0.4) is 0 Å². The van der Waals surface area contributed by atoms with Crippen LogP contribution in [-0.4, -0.2) is 60.5 Å². The van der Waals surface area contributed by atoms with Gasteiger partial charge in [0, 0.05) is 19.4 Å². The fourth-order valence-electron chi connectivity index (χ4n) is 5.91. The number of nitrogens with two attached hydrogens (primary N) is 1. The van der Waals surface area contributed by atoms with Crippen molar-refractivity contribution in [2.75, 3.05) is 26.4 Å². The number of allylic oxidation sites excluding steroid dienone is 13. The quantitative estimate of drug-likeness (QED) is 0.0178. The van der Waals surface area contributed by atoms with E-state index in [1.807, 2.05) is 12.2 Å². The van der Waals surface area contributed by atoms with Crippen LogP contribution in [0, 0.1) is 0 Å². The van der Waals surface area contributed by atoms with Gasteiger partial charge in [-0.1, -0.05) is 176 Å². The van der Waals surface area contributed by atoms with E-state index in [0.29, 0.717) is 6.42 Å². The Labute approximate surface area is 365 Å². The number of unbranched alkanes of at least 4 members (excludes halogenated alkanes) is 15. The van der Waals surface area contributed by atoms with E-state index >= 15 is 0 Å². The van der Waals surface area contributed by atoms with E-state index in [0.717, 1.165) is 51.4 Å². The second-order valence-corrected chi connectivity index (χ2v) is 16.5. The molecule has 0 saturated carbocycles. The van der Waals surface area contributed by atoms with Crippen molar-refractivity contribution in [3.63, 3.8) is 0 Å². The summed E-state index contributed by atoms with van der Waals surface area (Å²) in [5.41, 5.74) is 5.34. The summed E-state index contributed by atoms with van der Waals surface area (Å²) in [5, 5.41) is 10.3. The number of aliphatic hydroxyl groups is 1. The first-order chi connectivity index (χ1) is 29.2. The second kappa shape index (κ2) is 44.2. The lowest BCUT2D eigenvalue weighted by Crippen LogP contribution is -2.29. The molecule has 0 spiro atoms. The molecule has 0 rings (SSSR count). The number of phosphoric ester groups is 1. The predicted molar refractivity (Wildman–Crippen MR) is 248 cm³/mol. The molecule has 0 fully saturated rings. The third-order valence-corrected chi connectivity index (χ3v) is 10.4. The smallest absolute Gasteiger partial charge is 0.462 e. The minimum atomic E-state index is -4.44. The Hall–Kier alpha value is -2.85. The highest BCUT2D eigenvalue weighted by atomic mass is 31.2. The number of hydrogen-bond donors (Lipinski definition) is 3. The van der Waals surface area contributed by atoms with Gasteiger partial charge in [0.2, 0.25) is 0 Å².